The van der Waals surface area contributed by atoms with Crippen molar-refractivity contribution in [3.8, 4) is 23.0 Å². The number of benzene rings is 2. The Hall–Kier alpha value is -2.89. The fraction of sp³-hybridized carbons (Fsp3) is 0.278. The van der Waals surface area contributed by atoms with Gasteiger partial charge in [-0.1, -0.05) is 0 Å². The Kier molecular flexibility index (Phi) is 4.74. The maximum atomic E-state index is 12.4. The van der Waals surface area contributed by atoms with Crippen LogP contribution in [-0.4, -0.2) is 32.8 Å². The fourth-order valence-electron chi connectivity index (χ4n) is 2.41. The van der Waals surface area contributed by atoms with Gasteiger partial charge in [0.15, 0.2) is 23.0 Å². The molecule has 0 aliphatic carbocycles. The number of fused-ring (bicyclic) bond motifs is 1. The zero-order valence-electron chi connectivity index (χ0n) is 13.6. The van der Waals surface area contributed by atoms with Crippen LogP contribution in [0.1, 0.15) is 17.3 Å². The third-order valence-electron chi connectivity index (χ3n) is 3.53. The molecular formula is C18H19NO5. The molecule has 0 unspecified atom stereocenters. The SMILES string of the molecule is CCOc1ccc(NC(=O)c2ccc3c(c2)OCCO3)cc1OC. The minimum atomic E-state index is -0.238. The summed E-state index contributed by atoms with van der Waals surface area (Å²) in [4.78, 5) is 12.4. The number of amides is 1. The first-order valence-electron chi connectivity index (χ1n) is 7.73. The highest BCUT2D eigenvalue weighted by Crippen LogP contribution is 2.32. The normalized spacial score (nSPS) is 12.4. The topological polar surface area (TPSA) is 66.0 Å². The molecule has 2 aromatic carbocycles. The molecule has 0 saturated carbocycles. The first-order chi connectivity index (χ1) is 11.7. The summed E-state index contributed by atoms with van der Waals surface area (Å²) in [5.41, 5.74) is 1.11. The van der Waals surface area contributed by atoms with E-state index in [1.165, 1.54) is 0 Å². The van der Waals surface area contributed by atoms with Gasteiger partial charge in [-0.3, -0.25) is 4.79 Å². The lowest BCUT2D eigenvalue weighted by molar-refractivity contribution is 0.102. The monoisotopic (exact) mass is 329 g/mol. The second-order valence-electron chi connectivity index (χ2n) is 5.11. The van der Waals surface area contributed by atoms with Gasteiger partial charge in [-0.05, 0) is 37.3 Å². The highest BCUT2D eigenvalue weighted by Gasteiger charge is 2.15. The predicted molar refractivity (Wildman–Crippen MR) is 89.5 cm³/mol. The molecule has 2 aromatic rings. The summed E-state index contributed by atoms with van der Waals surface area (Å²) in [5.74, 6) is 2.20. The Morgan fingerprint density at radius 1 is 1.08 bits per heavy atom. The summed E-state index contributed by atoms with van der Waals surface area (Å²) >= 11 is 0. The van der Waals surface area contributed by atoms with Crippen molar-refractivity contribution in [3.05, 3.63) is 42.0 Å². The molecule has 1 amide bonds. The van der Waals surface area contributed by atoms with Gasteiger partial charge in [0.1, 0.15) is 13.2 Å². The third kappa shape index (κ3) is 3.37. The molecule has 0 aromatic heterocycles. The lowest BCUT2D eigenvalue weighted by atomic mass is 10.1. The van der Waals surface area contributed by atoms with Crippen molar-refractivity contribution >= 4 is 11.6 Å². The number of nitrogens with one attached hydrogen (secondary N) is 1. The Morgan fingerprint density at radius 2 is 1.88 bits per heavy atom. The van der Waals surface area contributed by atoms with Crippen molar-refractivity contribution in [1.29, 1.82) is 0 Å². The van der Waals surface area contributed by atoms with Crippen LogP contribution in [0.15, 0.2) is 36.4 Å². The lowest BCUT2D eigenvalue weighted by Crippen LogP contribution is -2.17. The standard InChI is InChI=1S/C18H19NO5/c1-3-22-14-7-5-13(11-16(14)21-2)19-18(20)12-4-6-15-17(10-12)24-9-8-23-15/h4-7,10-11H,3,8-9H2,1-2H3,(H,19,20). The van der Waals surface area contributed by atoms with Crippen molar-refractivity contribution in [3.63, 3.8) is 0 Å². The molecule has 0 atom stereocenters. The van der Waals surface area contributed by atoms with Gasteiger partial charge in [-0.2, -0.15) is 0 Å². The highest BCUT2D eigenvalue weighted by molar-refractivity contribution is 6.04. The van der Waals surface area contributed by atoms with Gasteiger partial charge in [-0.25, -0.2) is 0 Å². The van der Waals surface area contributed by atoms with Crippen molar-refractivity contribution < 1.29 is 23.7 Å². The Labute approximate surface area is 140 Å². The maximum Gasteiger partial charge on any atom is 0.255 e. The quantitative estimate of drug-likeness (QED) is 0.913. The molecule has 126 valence electrons. The summed E-state index contributed by atoms with van der Waals surface area (Å²) in [6, 6.07) is 10.4. The van der Waals surface area contributed by atoms with Gasteiger partial charge in [0.25, 0.3) is 5.91 Å². The molecule has 3 rings (SSSR count). The van der Waals surface area contributed by atoms with Crippen LogP contribution < -0.4 is 24.3 Å². The van der Waals surface area contributed by atoms with Gasteiger partial charge < -0.3 is 24.3 Å². The number of ether oxygens (including phenoxy) is 4. The average molecular weight is 329 g/mol. The molecule has 0 fully saturated rings. The number of methoxy groups -OCH3 is 1. The van der Waals surface area contributed by atoms with E-state index < -0.39 is 0 Å². The van der Waals surface area contributed by atoms with Crippen molar-refractivity contribution in [2.75, 3.05) is 32.2 Å². The molecule has 0 saturated heterocycles. The van der Waals surface area contributed by atoms with E-state index in [9.17, 15) is 4.79 Å². The molecular weight excluding hydrogens is 310 g/mol. The number of carbonyl (C=O) groups excluding carboxylic acids is 1. The predicted octanol–water partition coefficient (Wildman–Crippen LogP) is 3.12. The molecule has 6 heteroatoms. The summed E-state index contributed by atoms with van der Waals surface area (Å²) in [6.07, 6.45) is 0. The number of hydrogen-bond donors (Lipinski definition) is 1. The first-order valence-corrected chi connectivity index (χ1v) is 7.73. The van der Waals surface area contributed by atoms with E-state index >= 15 is 0 Å². The van der Waals surface area contributed by atoms with Crippen LogP contribution in [0.4, 0.5) is 5.69 Å². The molecule has 1 heterocycles. The van der Waals surface area contributed by atoms with Crippen LogP contribution in [-0.2, 0) is 0 Å². The van der Waals surface area contributed by atoms with E-state index in [2.05, 4.69) is 5.32 Å². The first kappa shape index (κ1) is 16.0. The van der Waals surface area contributed by atoms with E-state index in [0.29, 0.717) is 54.1 Å². The van der Waals surface area contributed by atoms with Crippen molar-refractivity contribution in [2.45, 2.75) is 6.92 Å². The van der Waals surface area contributed by atoms with Crippen LogP contribution in [0.5, 0.6) is 23.0 Å². The number of hydrogen-bond acceptors (Lipinski definition) is 5. The molecule has 1 N–H and O–H groups in total. The Balaban J connectivity index is 1.77. The van der Waals surface area contributed by atoms with Crippen LogP contribution in [0.3, 0.4) is 0 Å². The molecule has 6 nitrogen and oxygen atoms in total. The minimum absolute atomic E-state index is 0.238. The summed E-state index contributed by atoms with van der Waals surface area (Å²) < 4.78 is 21.7. The molecule has 24 heavy (non-hydrogen) atoms. The second kappa shape index (κ2) is 7.12. The number of anilines is 1. The Morgan fingerprint density at radius 3 is 2.62 bits per heavy atom. The molecule has 0 bridgehead atoms. The summed E-state index contributed by atoms with van der Waals surface area (Å²) in [5, 5.41) is 2.84. The average Bonchev–Trinajstić information content (AvgIpc) is 2.62. The fourth-order valence-corrected chi connectivity index (χ4v) is 2.41. The lowest BCUT2D eigenvalue weighted by Gasteiger charge is -2.18. The van der Waals surface area contributed by atoms with E-state index in [0.717, 1.165) is 0 Å². The van der Waals surface area contributed by atoms with Crippen LogP contribution in [0.25, 0.3) is 0 Å². The van der Waals surface area contributed by atoms with Crippen LogP contribution in [0, 0.1) is 0 Å². The van der Waals surface area contributed by atoms with Crippen LogP contribution >= 0.6 is 0 Å². The largest absolute Gasteiger partial charge is 0.493 e. The highest BCUT2D eigenvalue weighted by atomic mass is 16.6. The molecule has 1 aliphatic rings. The molecule has 0 spiro atoms. The van der Waals surface area contributed by atoms with Gasteiger partial charge in [0.2, 0.25) is 0 Å². The third-order valence-corrected chi connectivity index (χ3v) is 3.53. The van der Waals surface area contributed by atoms with Gasteiger partial charge >= 0.3 is 0 Å². The van der Waals surface area contributed by atoms with Crippen molar-refractivity contribution in [2.24, 2.45) is 0 Å². The number of rotatable bonds is 5. The molecule has 1 aliphatic heterocycles. The smallest absolute Gasteiger partial charge is 0.255 e. The van der Waals surface area contributed by atoms with Gasteiger partial charge in [0.05, 0.1) is 13.7 Å². The van der Waals surface area contributed by atoms with E-state index in [-0.39, 0.29) is 5.91 Å². The van der Waals surface area contributed by atoms with E-state index in [1.807, 2.05) is 6.92 Å². The molecule has 0 radical (unpaired) electrons. The zero-order valence-corrected chi connectivity index (χ0v) is 13.6. The zero-order chi connectivity index (χ0) is 16.9. The van der Waals surface area contributed by atoms with E-state index in [1.54, 1.807) is 43.5 Å². The van der Waals surface area contributed by atoms with E-state index in [4.69, 9.17) is 18.9 Å². The van der Waals surface area contributed by atoms with Crippen LogP contribution in [0.2, 0.25) is 0 Å². The second-order valence-corrected chi connectivity index (χ2v) is 5.11. The Bertz CT molecular complexity index is 744. The van der Waals surface area contributed by atoms with Crippen molar-refractivity contribution in [1.82, 2.24) is 0 Å². The summed E-state index contributed by atoms with van der Waals surface area (Å²) in [6.45, 7) is 3.44. The number of carbonyl (C=O) groups is 1. The van der Waals surface area contributed by atoms with Gasteiger partial charge in [0, 0.05) is 17.3 Å². The summed E-state index contributed by atoms with van der Waals surface area (Å²) in [7, 11) is 1.56. The van der Waals surface area contributed by atoms with Gasteiger partial charge in [-0.15, -0.1) is 0 Å². The minimum Gasteiger partial charge on any atom is -0.493 e. The maximum absolute atomic E-state index is 12.4.